The average Bonchev–Trinajstić information content (AvgIpc) is 2.86. The van der Waals surface area contributed by atoms with Gasteiger partial charge in [0.05, 0.1) is 33.5 Å². The Kier molecular flexibility index (Phi) is 18.1. The lowest BCUT2D eigenvalue weighted by Gasteiger charge is -2.13. The SMILES string of the molecule is CCCCCCCCCCCCCCCCCCOOC(=O)c1cc(OC)c(OC)c(OC)c1. The molecule has 0 aliphatic heterocycles. The molecule has 0 atom stereocenters. The first kappa shape index (κ1) is 30.1. The Bertz CT molecular complexity index is 621. The van der Waals surface area contributed by atoms with Gasteiger partial charge in [-0.25, -0.2) is 4.79 Å². The molecule has 0 bridgehead atoms. The van der Waals surface area contributed by atoms with Gasteiger partial charge in [-0.2, -0.15) is 4.89 Å². The molecule has 0 aliphatic rings. The minimum Gasteiger partial charge on any atom is -0.493 e. The molecule has 0 spiro atoms. The molecule has 1 aromatic rings. The van der Waals surface area contributed by atoms with Crippen LogP contribution >= 0.6 is 0 Å². The van der Waals surface area contributed by atoms with Crippen molar-refractivity contribution in [1.82, 2.24) is 0 Å². The van der Waals surface area contributed by atoms with Gasteiger partial charge in [-0.3, -0.25) is 4.89 Å². The molecule has 0 saturated carbocycles. The van der Waals surface area contributed by atoms with Crippen LogP contribution in [0, 0.1) is 0 Å². The van der Waals surface area contributed by atoms with Gasteiger partial charge in [-0.05, 0) is 18.6 Å². The number of rotatable bonds is 22. The molecule has 6 nitrogen and oxygen atoms in total. The van der Waals surface area contributed by atoms with Gasteiger partial charge in [0.25, 0.3) is 0 Å². The second-order valence-corrected chi connectivity index (χ2v) is 8.91. The van der Waals surface area contributed by atoms with Crippen molar-refractivity contribution >= 4 is 5.97 Å². The van der Waals surface area contributed by atoms with E-state index in [1.165, 1.54) is 111 Å². The van der Waals surface area contributed by atoms with Crippen LogP contribution in [0.4, 0.5) is 0 Å². The highest BCUT2D eigenvalue weighted by Gasteiger charge is 2.18. The van der Waals surface area contributed by atoms with Crippen LogP contribution in [0.1, 0.15) is 120 Å². The average molecular weight is 481 g/mol. The Balaban J connectivity index is 1.99. The number of hydrogen-bond acceptors (Lipinski definition) is 6. The fraction of sp³-hybridized carbons (Fsp3) is 0.750. The van der Waals surface area contributed by atoms with E-state index in [9.17, 15) is 4.79 Å². The van der Waals surface area contributed by atoms with E-state index >= 15 is 0 Å². The van der Waals surface area contributed by atoms with Crippen molar-refractivity contribution in [3.8, 4) is 17.2 Å². The molecule has 0 heterocycles. The largest absolute Gasteiger partial charge is 0.493 e. The molecule has 0 radical (unpaired) electrons. The summed E-state index contributed by atoms with van der Waals surface area (Å²) in [7, 11) is 4.51. The van der Waals surface area contributed by atoms with Gasteiger partial charge in [0.2, 0.25) is 5.75 Å². The van der Waals surface area contributed by atoms with Crippen molar-refractivity contribution in [1.29, 1.82) is 0 Å². The number of carbonyl (C=O) groups is 1. The predicted octanol–water partition coefficient (Wildman–Crippen LogP) is 8.06. The van der Waals surface area contributed by atoms with Gasteiger partial charge in [-0.1, -0.05) is 103 Å². The molecular weight excluding hydrogens is 432 g/mol. The third kappa shape index (κ3) is 13.1. The molecular formula is C28H48O6. The summed E-state index contributed by atoms with van der Waals surface area (Å²) in [5, 5.41) is 0. The Hall–Kier alpha value is -1.95. The molecule has 0 fully saturated rings. The minimum absolute atomic E-state index is 0.279. The van der Waals surface area contributed by atoms with Crippen LogP contribution in [-0.4, -0.2) is 33.9 Å². The van der Waals surface area contributed by atoms with Gasteiger partial charge in [0.1, 0.15) is 0 Å². The summed E-state index contributed by atoms with van der Waals surface area (Å²) in [6.45, 7) is 2.67. The molecule has 0 aromatic heterocycles. The van der Waals surface area contributed by atoms with Gasteiger partial charge in [0, 0.05) is 0 Å². The summed E-state index contributed by atoms with van der Waals surface area (Å²) in [5.41, 5.74) is 0.279. The summed E-state index contributed by atoms with van der Waals surface area (Å²) >= 11 is 0. The zero-order valence-electron chi connectivity index (χ0n) is 22.1. The van der Waals surface area contributed by atoms with Gasteiger partial charge in [-0.15, -0.1) is 0 Å². The molecule has 0 aliphatic carbocycles. The smallest absolute Gasteiger partial charge is 0.373 e. The first-order valence-electron chi connectivity index (χ1n) is 13.3. The van der Waals surface area contributed by atoms with E-state index in [0.717, 1.165) is 12.8 Å². The Morgan fingerprint density at radius 1 is 0.618 bits per heavy atom. The Morgan fingerprint density at radius 2 is 1.03 bits per heavy atom. The summed E-state index contributed by atoms with van der Waals surface area (Å²) in [5.74, 6) is 0.629. The van der Waals surface area contributed by atoms with Crippen LogP contribution in [0.15, 0.2) is 12.1 Å². The molecule has 196 valence electrons. The first-order chi connectivity index (χ1) is 16.7. The van der Waals surface area contributed by atoms with Crippen molar-refractivity contribution < 1.29 is 28.8 Å². The molecule has 1 aromatic carbocycles. The van der Waals surface area contributed by atoms with E-state index in [0.29, 0.717) is 23.9 Å². The van der Waals surface area contributed by atoms with Gasteiger partial charge >= 0.3 is 5.97 Å². The van der Waals surface area contributed by atoms with E-state index < -0.39 is 5.97 Å². The monoisotopic (exact) mass is 480 g/mol. The maximum atomic E-state index is 12.3. The third-order valence-electron chi connectivity index (χ3n) is 6.12. The van der Waals surface area contributed by atoms with Crippen LogP contribution in [0.25, 0.3) is 0 Å². The molecule has 0 unspecified atom stereocenters. The summed E-state index contributed by atoms with van der Waals surface area (Å²) in [4.78, 5) is 22.3. The number of unbranched alkanes of at least 4 members (excludes halogenated alkanes) is 15. The van der Waals surface area contributed by atoms with E-state index in [-0.39, 0.29) is 5.56 Å². The second kappa shape index (κ2) is 20.4. The lowest BCUT2D eigenvalue weighted by molar-refractivity contribution is -0.241. The maximum absolute atomic E-state index is 12.3. The topological polar surface area (TPSA) is 63.2 Å². The fourth-order valence-corrected chi connectivity index (χ4v) is 4.05. The van der Waals surface area contributed by atoms with Gasteiger partial charge in [0.15, 0.2) is 11.5 Å². The number of hydrogen-bond donors (Lipinski definition) is 0. The number of methoxy groups -OCH3 is 3. The molecule has 1 rings (SSSR count). The highest BCUT2D eigenvalue weighted by atomic mass is 17.2. The maximum Gasteiger partial charge on any atom is 0.373 e. The number of benzene rings is 1. The third-order valence-corrected chi connectivity index (χ3v) is 6.12. The quantitative estimate of drug-likeness (QED) is 0.0950. The van der Waals surface area contributed by atoms with Gasteiger partial charge < -0.3 is 14.2 Å². The lowest BCUT2D eigenvalue weighted by Crippen LogP contribution is -2.08. The Labute approximate surface area is 207 Å². The van der Waals surface area contributed by atoms with E-state index in [2.05, 4.69) is 6.92 Å². The standard InChI is InChI=1S/C28H48O6/c1-5-6-7-8-9-10-11-12-13-14-15-16-17-18-19-20-21-33-34-28(29)24-22-25(30-2)27(32-4)26(23-24)31-3/h22-23H,5-21H2,1-4H3. The zero-order valence-corrected chi connectivity index (χ0v) is 22.1. The van der Waals surface area contributed by atoms with Crippen molar-refractivity contribution in [2.75, 3.05) is 27.9 Å². The second-order valence-electron chi connectivity index (χ2n) is 8.91. The molecule has 0 amide bonds. The van der Waals surface area contributed by atoms with Crippen molar-refractivity contribution in [2.24, 2.45) is 0 Å². The summed E-state index contributed by atoms with van der Waals surface area (Å²) in [6, 6.07) is 3.09. The van der Waals surface area contributed by atoms with E-state index in [1.807, 2.05) is 0 Å². The summed E-state index contributed by atoms with van der Waals surface area (Å²) < 4.78 is 15.8. The van der Waals surface area contributed by atoms with Crippen LogP contribution in [0.5, 0.6) is 17.2 Å². The number of carbonyl (C=O) groups excluding carboxylic acids is 1. The normalized spacial score (nSPS) is 10.8. The van der Waals surface area contributed by atoms with Crippen LogP contribution in [0.2, 0.25) is 0 Å². The Morgan fingerprint density at radius 3 is 1.41 bits per heavy atom. The van der Waals surface area contributed by atoms with Crippen molar-refractivity contribution in [3.63, 3.8) is 0 Å². The van der Waals surface area contributed by atoms with Crippen molar-refractivity contribution in [2.45, 2.75) is 110 Å². The lowest BCUT2D eigenvalue weighted by atomic mass is 10.0. The molecule has 0 N–H and O–H groups in total. The highest BCUT2D eigenvalue weighted by molar-refractivity contribution is 5.90. The molecule has 0 saturated heterocycles. The molecule has 34 heavy (non-hydrogen) atoms. The van der Waals surface area contributed by atoms with Crippen LogP contribution in [0.3, 0.4) is 0 Å². The first-order valence-corrected chi connectivity index (χ1v) is 13.3. The van der Waals surface area contributed by atoms with Crippen LogP contribution in [-0.2, 0) is 9.78 Å². The van der Waals surface area contributed by atoms with E-state index in [1.54, 1.807) is 12.1 Å². The van der Waals surface area contributed by atoms with E-state index in [4.69, 9.17) is 24.0 Å². The summed E-state index contributed by atoms with van der Waals surface area (Å²) in [6.07, 6.45) is 21.1. The fourth-order valence-electron chi connectivity index (χ4n) is 4.05. The zero-order chi connectivity index (χ0) is 24.9. The van der Waals surface area contributed by atoms with Crippen molar-refractivity contribution in [3.05, 3.63) is 17.7 Å². The highest BCUT2D eigenvalue weighted by Crippen LogP contribution is 2.38. The molecule has 6 heteroatoms. The predicted molar refractivity (Wildman–Crippen MR) is 137 cm³/mol. The van der Waals surface area contributed by atoms with Crippen LogP contribution < -0.4 is 14.2 Å². The number of ether oxygens (including phenoxy) is 3. The minimum atomic E-state index is -0.587.